The first kappa shape index (κ1) is 24.6. The standard InChI is InChI=1S/C26H36N4O3S/c1-32-22-14-13-20(17-23(22)33-2)25-28-29-26(30(25)21-11-7-4-8-12-21)34-18-24(31)27-16-15-19-9-5-3-6-10-19/h9,13-14,17,21H,3-8,10-12,15-16,18H2,1-2H3,(H,27,31). The van der Waals surface area contributed by atoms with Crippen molar-refractivity contribution in [3.63, 3.8) is 0 Å². The van der Waals surface area contributed by atoms with E-state index in [9.17, 15) is 4.79 Å². The molecular weight excluding hydrogens is 448 g/mol. The highest BCUT2D eigenvalue weighted by atomic mass is 32.2. The van der Waals surface area contributed by atoms with Gasteiger partial charge in [0.15, 0.2) is 22.5 Å². The number of allylic oxidation sites excluding steroid dienone is 1. The van der Waals surface area contributed by atoms with Crippen LogP contribution in [0.5, 0.6) is 11.5 Å². The molecule has 1 aromatic carbocycles. The molecule has 34 heavy (non-hydrogen) atoms. The molecule has 4 rings (SSSR count). The van der Waals surface area contributed by atoms with Crippen LogP contribution in [-0.4, -0.2) is 47.2 Å². The molecule has 0 bridgehead atoms. The fourth-order valence-corrected chi connectivity index (χ4v) is 5.73. The molecule has 1 saturated carbocycles. The van der Waals surface area contributed by atoms with Gasteiger partial charge in [0.2, 0.25) is 5.91 Å². The second-order valence-electron chi connectivity index (χ2n) is 9.03. The Hall–Kier alpha value is -2.48. The number of amides is 1. The van der Waals surface area contributed by atoms with Crippen molar-refractivity contribution in [1.82, 2.24) is 20.1 Å². The summed E-state index contributed by atoms with van der Waals surface area (Å²) < 4.78 is 13.1. The van der Waals surface area contributed by atoms with Gasteiger partial charge in [-0.3, -0.25) is 9.36 Å². The zero-order valence-electron chi connectivity index (χ0n) is 20.3. The number of rotatable bonds is 10. The minimum atomic E-state index is 0.0484. The Kier molecular flexibility index (Phi) is 8.91. The first-order valence-corrected chi connectivity index (χ1v) is 13.4. The smallest absolute Gasteiger partial charge is 0.230 e. The van der Waals surface area contributed by atoms with Gasteiger partial charge in [0, 0.05) is 18.2 Å². The quantitative estimate of drug-likeness (QED) is 0.351. The van der Waals surface area contributed by atoms with E-state index < -0.39 is 0 Å². The number of hydrogen-bond donors (Lipinski definition) is 1. The maximum atomic E-state index is 12.5. The zero-order chi connectivity index (χ0) is 23.8. The van der Waals surface area contributed by atoms with Crippen molar-refractivity contribution in [3.8, 4) is 22.9 Å². The summed E-state index contributed by atoms with van der Waals surface area (Å²) in [6.07, 6.45) is 14.1. The molecule has 1 N–H and O–H groups in total. The zero-order valence-corrected chi connectivity index (χ0v) is 21.2. The van der Waals surface area contributed by atoms with Crippen molar-refractivity contribution in [3.05, 3.63) is 29.8 Å². The molecule has 1 fully saturated rings. The molecule has 0 aliphatic heterocycles. The third-order valence-corrected chi connectivity index (χ3v) is 7.67. The van der Waals surface area contributed by atoms with Gasteiger partial charge in [0.1, 0.15) is 0 Å². The molecule has 1 heterocycles. The lowest BCUT2D eigenvalue weighted by Crippen LogP contribution is -2.26. The average molecular weight is 485 g/mol. The van der Waals surface area contributed by atoms with Gasteiger partial charge >= 0.3 is 0 Å². The number of hydrogen-bond acceptors (Lipinski definition) is 6. The number of carbonyl (C=O) groups is 1. The van der Waals surface area contributed by atoms with Crippen LogP contribution in [0.4, 0.5) is 0 Å². The molecule has 2 aromatic rings. The number of methoxy groups -OCH3 is 2. The maximum absolute atomic E-state index is 12.5. The molecular formula is C26H36N4O3S. The number of ether oxygens (including phenoxy) is 2. The number of benzene rings is 1. The predicted molar refractivity (Wildman–Crippen MR) is 136 cm³/mol. The van der Waals surface area contributed by atoms with Crippen molar-refractivity contribution in [2.24, 2.45) is 0 Å². The molecule has 7 nitrogen and oxygen atoms in total. The number of carbonyl (C=O) groups excluding carboxylic acids is 1. The minimum absolute atomic E-state index is 0.0484. The largest absolute Gasteiger partial charge is 0.493 e. The van der Waals surface area contributed by atoms with Gasteiger partial charge in [-0.05, 0) is 63.1 Å². The van der Waals surface area contributed by atoms with E-state index in [0.29, 0.717) is 29.8 Å². The highest BCUT2D eigenvalue weighted by Gasteiger charge is 2.25. The van der Waals surface area contributed by atoms with Crippen LogP contribution in [0.2, 0.25) is 0 Å². The molecule has 184 valence electrons. The summed E-state index contributed by atoms with van der Waals surface area (Å²) >= 11 is 1.47. The van der Waals surface area contributed by atoms with Crippen LogP contribution >= 0.6 is 11.8 Å². The van der Waals surface area contributed by atoms with Gasteiger partial charge in [-0.15, -0.1) is 10.2 Å². The second kappa shape index (κ2) is 12.3. The lowest BCUT2D eigenvalue weighted by atomic mass is 9.95. The topological polar surface area (TPSA) is 78.3 Å². The number of aromatic nitrogens is 3. The lowest BCUT2D eigenvalue weighted by Gasteiger charge is -2.25. The summed E-state index contributed by atoms with van der Waals surface area (Å²) in [5.41, 5.74) is 2.42. The van der Waals surface area contributed by atoms with Crippen LogP contribution in [0.25, 0.3) is 11.4 Å². The fourth-order valence-electron chi connectivity index (χ4n) is 4.89. The van der Waals surface area contributed by atoms with E-state index in [-0.39, 0.29) is 5.91 Å². The average Bonchev–Trinajstić information content (AvgIpc) is 3.32. The molecule has 8 heteroatoms. The Labute approximate surface area is 206 Å². The molecule has 0 atom stereocenters. The highest BCUT2D eigenvalue weighted by Crippen LogP contribution is 2.38. The predicted octanol–water partition coefficient (Wildman–Crippen LogP) is 5.57. The van der Waals surface area contributed by atoms with Gasteiger partial charge in [0.25, 0.3) is 0 Å². The van der Waals surface area contributed by atoms with Gasteiger partial charge < -0.3 is 14.8 Å². The van der Waals surface area contributed by atoms with Crippen LogP contribution < -0.4 is 14.8 Å². The first-order valence-electron chi connectivity index (χ1n) is 12.4. The summed E-state index contributed by atoms with van der Waals surface area (Å²) in [5.74, 6) is 2.56. The third-order valence-electron chi connectivity index (χ3n) is 6.73. The van der Waals surface area contributed by atoms with E-state index in [1.54, 1.807) is 14.2 Å². The summed E-state index contributed by atoms with van der Waals surface area (Å²) in [6.45, 7) is 0.706. The van der Waals surface area contributed by atoms with E-state index in [4.69, 9.17) is 9.47 Å². The van der Waals surface area contributed by atoms with Crippen LogP contribution in [0.15, 0.2) is 35.0 Å². The van der Waals surface area contributed by atoms with Crippen molar-refractivity contribution in [2.75, 3.05) is 26.5 Å². The van der Waals surface area contributed by atoms with Gasteiger partial charge in [-0.25, -0.2) is 0 Å². The van der Waals surface area contributed by atoms with E-state index >= 15 is 0 Å². The molecule has 2 aliphatic rings. The van der Waals surface area contributed by atoms with E-state index in [1.165, 1.54) is 62.3 Å². The normalized spacial score (nSPS) is 16.7. The summed E-state index contributed by atoms with van der Waals surface area (Å²) in [4.78, 5) is 12.5. The van der Waals surface area contributed by atoms with Crippen LogP contribution in [0.3, 0.4) is 0 Å². The lowest BCUT2D eigenvalue weighted by molar-refractivity contribution is -0.118. The van der Waals surface area contributed by atoms with Gasteiger partial charge in [-0.2, -0.15) is 0 Å². The SMILES string of the molecule is COc1ccc(-c2nnc(SCC(=O)NCCC3=CCCCC3)n2C2CCCCC2)cc1OC. The van der Waals surface area contributed by atoms with Crippen LogP contribution in [0.1, 0.15) is 70.3 Å². The fraction of sp³-hybridized carbons (Fsp3) is 0.577. The minimum Gasteiger partial charge on any atom is -0.493 e. The molecule has 0 saturated heterocycles. The third kappa shape index (κ3) is 6.14. The van der Waals surface area contributed by atoms with Crippen molar-refractivity contribution >= 4 is 17.7 Å². The molecule has 0 unspecified atom stereocenters. The monoisotopic (exact) mass is 484 g/mol. The van der Waals surface area contributed by atoms with E-state index in [0.717, 1.165) is 35.8 Å². The first-order chi connectivity index (χ1) is 16.7. The van der Waals surface area contributed by atoms with Gasteiger partial charge in [0.05, 0.1) is 20.0 Å². The van der Waals surface area contributed by atoms with Crippen molar-refractivity contribution in [1.29, 1.82) is 0 Å². The highest BCUT2D eigenvalue weighted by molar-refractivity contribution is 7.99. The summed E-state index contributed by atoms with van der Waals surface area (Å²) in [6, 6.07) is 6.18. The van der Waals surface area contributed by atoms with Crippen LogP contribution in [0, 0.1) is 0 Å². The molecule has 1 aromatic heterocycles. The molecule has 2 aliphatic carbocycles. The Morgan fingerprint density at radius 2 is 1.91 bits per heavy atom. The molecule has 1 amide bonds. The van der Waals surface area contributed by atoms with Gasteiger partial charge in [-0.1, -0.05) is 42.7 Å². The Balaban J connectivity index is 1.46. The Bertz CT molecular complexity index is 998. The van der Waals surface area contributed by atoms with Crippen molar-refractivity contribution in [2.45, 2.75) is 75.4 Å². The Morgan fingerprint density at radius 3 is 2.65 bits per heavy atom. The number of nitrogens with zero attached hydrogens (tertiary/aromatic N) is 3. The second-order valence-corrected chi connectivity index (χ2v) is 9.98. The van der Waals surface area contributed by atoms with Crippen molar-refractivity contribution < 1.29 is 14.3 Å². The Morgan fingerprint density at radius 1 is 1.09 bits per heavy atom. The van der Waals surface area contributed by atoms with Crippen LogP contribution in [-0.2, 0) is 4.79 Å². The maximum Gasteiger partial charge on any atom is 0.230 e. The van der Waals surface area contributed by atoms with E-state index in [1.807, 2.05) is 18.2 Å². The molecule has 0 spiro atoms. The van der Waals surface area contributed by atoms with E-state index in [2.05, 4.69) is 26.2 Å². The molecule has 0 radical (unpaired) electrons. The number of nitrogens with one attached hydrogen (secondary N) is 1. The number of thioether (sulfide) groups is 1. The summed E-state index contributed by atoms with van der Waals surface area (Å²) in [7, 11) is 3.27. The summed E-state index contributed by atoms with van der Waals surface area (Å²) in [5, 5.41) is 12.9.